The topological polar surface area (TPSA) is 62.6 Å². The number of nitrogens with zero attached hydrogens (tertiary/aromatic N) is 4. The highest BCUT2D eigenvalue weighted by molar-refractivity contribution is 14.0. The molecule has 0 unspecified atom stereocenters. The normalized spacial score (nSPS) is 11.1. The largest absolute Gasteiger partial charge is 0.497 e. The summed E-state index contributed by atoms with van der Waals surface area (Å²) in [5.41, 5.74) is 3.13. The van der Waals surface area contributed by atoms with Crippen LogP contribution < -0.4 is 10.1 Å². The number of aliphatic imine (C=N–C) groups is 1. The van der Waals surface area contributed by atoms with E-state index in [-0.39, 0.29) is 24.0 Å². The van der Waals surface area contributed by atoms with Crippen LogP contribution in [-0.2, 0) is 13.1 Å². The standard InChI is InChI=1S/C19H23N5OS2.HI/c1-13-22-16(12-26-13)10-24(3)19(20-2)21-9-15-11-27-18(23-15)14-5-7-17(25-4)8-6-14;/h5-8,11-12H,9-10H2,1-4H3,(H,20,21);1H. The van der Waals surface area contributed by atoms with Crippen LogP contribution in [0.5, 0.6) is 5.75 Å². The molecule has 28 heavy (non-hydrogen) atoms. The van der Waals surface area contributed by atoms with Gasteiger partial charge in [-0.2, -0.15) is 0 Å². The van der Waals surface area contributed by atoms with E-state index in [1.807, 2.05) is 38.2 Å². The zero-order chi connectivity index (χ0) is 19.2. The highest BCUT2D eigenvalue weighted by Crippen LogP contribution is 2.25. The Hall–Kier alpha value is -1.72. The fraction of sp³-hybridized carbons (Fsp3) is 0.316. The number of guanidine groups is 1. The highest BCUT2D eigenvalue weighted by Gasteiger charge is 2.10. The predicted molar refractivity (Wildman–Crippen MR) is 128 cm³/mol. The van der Waals surface area contributed by atoms with E-state index in [0.29, 0.717) is 6.54 Å². The number of hydrogen-bond acceptors (Lipinski definition) is 6. The maximum Gasteiger partial charge on any atom is 0.194 e. The summed E-state index contributed by atoms with van der Waals surface area (Å²) in [6.07, 6.45) is 0. The van der Waals surface area contributed by atoms with Crippen molar-refractivity contribution in [3.63, 3.8) is 0 Å². The molecule has 9 heteroatoms. The van der Waals surface area contributed by atoms with Crippen molar-refractivity contribution in [2.75, 3.05) is 21.2 Å². The lowest BCUT2D eigenvalue weighted by Crippen LogP contribution is -2.38. The number of methoxy groups -OCH3 is 1. The number of nitrogens with one attached hydrogen (secondary N) is 1. The van der Waals surface area contributed by atoms with Gasteiger partial charge in [0.25, 0.3) is 0 Å². The van der Waals surface area contributed by atoms with Crippen molar-refractivity contribution in [2.45, 2.75) is 20.0 Å². The zero-order valence-corrected chi connectivity index (χ0v) is 20.3. The SMILES string of the molecule is CN=C(NCc1csc(-c2ccc(OC)cc2)n1)N(C)Cc1csc(C)n1.I. The highest BCUT2D eigenvalue weighted by atomic mass is 127. The van der Waals surface area contributed by atoms with Gasteiger partial charge in [-0.25, -0.2) is 9.97 Å². The molecular weight excluding hydrogens is 505 g/mol. The molecule has 0 atom stereocenters. The molecule has 0 aliphatic rings. The number of hydrogen-bond donors (Lipinski definition) is 1. The summed E-state index contributed by atoms with van der Waals surface area (Å²) in [6, 6.07) is 7.95. The molecule has 3 rings (SSSR count). The Labute approximate surface area is 190 Å². The minimum Gasteiger partial charge on any atom is -0.497 e. The van der Waals surface area contributed by atoms with E-state index in [1.165, 1.54) is 0 Å². The van der Waals surface area contributed by atoms with Crippen molar-refractivity contribution in [2.24, 2.45) is 4.99 Å². The Balaban J connectivity index is 0.00000280. The van der Waals surface area contributed by atoms with Crippen LogP contribution in [0.4, 0.5) is 0 Å². The smallest absolute Gasteiger partial charge is 0.194 e. The van der Waals surface area contributed by atoms with Crippen LogP contribution in [0, 0.1) is 6.92 Å². The molecule has 6 nitrogen and oxygen atoms in total. The Kier molecular flexibility index (Phi) is 8.64. The first-order valence-electron chi connectivity index (χ1n) is 8.50. The quantitative estimate of drug-likeness (QED) is 0.291. The van der Waals surface area contributed by atoms with Gasteiger partial charge in [0.15, 0.2) is 5.96 Å². The fourth-order valence-electron chi connectivity index (χ4n) is 2.61. The van der Waals surface area contributed by atoms with Gasteiger partial charge in [0.2, 0.25) is 0 Å². The second kappa shape index (κ2) is 10.7. The van der Waals surface area contributed by atoms with E-state index in [9.17, 15) is 0 Å². The predicted octanol–water partition coefficient (Wildman–Crippen LogP) is 4.41. The summed E-state index contributed by atoms with van der Waals surface area (Å²) >= 11 is 3.30. The summed E-state index contributed by atoms with van der Waals surface area (Å²) in [5, 5.41) is 9.60. The molecule has 0 spiro atoms. The zero-order valence-electron chi connectivity index (χ0n) is 16.3. The molecule has 0 fully saturated rings. The van der Waals surface area contributed by atoms with Crippen molar-refractivity contribution in [3.8, 4) is 16.3 Å². The number of rotatable bonds is 6. The van der Waals surface area contributed by atoms with Crippen LogP contribution in [-0.4, -0.2) is 42.0 Å². The molecule has 150 valence electrons. The first-order chi connectivity index (χ1) is 13.1. The number of benzene rings is 1. The van der Waals surface area contributed by atoms with Gasteiger partial charge in [0.1, 0.15) is 10.8 Å². The van der Waals surface area contributed by atoms with Gasteiger partial charge in [0.05, 0.1) is 36.6 Å². The van der Waals surface area contributed by atoms with Gasteiger partial charge in [-0.15, -0.1) is 46.7 Å². The van der Waals surface area contributed by atoms with Crippen LogP contribution in [0.25, 0.3) is 10.6 Å². The third-order valence-corrected chi connectivity index (χ3v) is 5.72. The van der Waals surface area contributed by atoms with E-state index < -0.39 is 0 Å². The summed E-state index contributed by atoms with van der Waals surface area (Å²) < 4.78 is 5.21. The van der Waals surface area contributed by atoms with Crippen LogP contribution in [0.3, 0.4) is 0 Å². The maximum absolute atomic E-state index is 5.21. The molecular formula is C19H24IN5OS2. The Bertz CT molecular complexity index is 907. The van der Waals surface area contributed by atoms with Gasteiger partial charge in [0, 0.05) is 30.4 Å². The van der Waals surface area contributed by atoms with Gasteiger partial charge in [-0.05, 0) is 31.2 Å². The monoisotopic (exact) mass is 529 g/mol. The van der Waals surface area contributed by atoms with E-state index >= 15 is 0 Å². The van der Waals surface area contributed by atoms with Crippen molar-refractivity contribution in [3.05, 3.63) is 51.4 Å². The lowest BCUT2D eigenvalue weighted by molar-refractivity contribution is 0.415. The summed E-state index contributed by atoms with van der Waals surface area (Å²) in [6.45, 7) is 3.36. The Morgan fingerprint density at radius 1 is 1.14 bits per heavy atom. The number of aromatic nitrogens is 2. The van der Waals surface area contributed by atoms with E-state index in [4.69, 9.17) is 9.72 Å². The van der Waals surface area contributed by atoms with Crippen LogP contribution in [0.2, 0.25) is 0 Å². The summed E-state index contributed by atoms with van der Waals surface area (Å²) in [4.78, 5) is 15.6. The van der Waals surface area contributed by atoms with Crippen LogP contribution in [0.15, 0.2) is 40.0 Å². The Morgan fingerprint density at radius 3 is 2.46 bits per heavy atom. The maximum atomic E-state index is 5.21. The molecule has 0 bridgehead atoms. The number of aryl methyl sites for hydroxylation is 1. The molecule has 2 heterocycles. The van der Waals surface area contributed by atoms with Crippen molar-refractivity contribution < 1.29 is 4.74 Å². The van der Waals surface area contributed by atoms with Gasteiger partial charge < -0.3 is 15.0 Å². The molecule has 1 aromatic carbocycles. The summed E-state index contributed by atoms with van der Waals surface area (Å²) in [7, 11) is 5.46. The molecule has 3 aromatic rings. The number of halogens is 1. The lowest BCUT2D eigenvalue weighted by atomic mass is 10.2. The third-order valence-electron chi connectivity index (χ3n) is 3.96. The second-order valence-electron chi connectivity index (χ2n) is 5.99. The summed E-state index contributed by atoms with van der Waals surface area (Å²) in [5.74, 6) is 1.67. The second-order valence-corrected chi connectivity index (χ2v) is 7.91. The fourth-order valence-corrected chi connectivity index (χ4v) is 4.04. The molecule has 0 aliphatic heterocycles. The molecule has 1 N–H and O–H groups in total. The van der Waals surface area contributed by atoms with Crippen molar-refractivity contribution in [1.29, 1.82) is 0 Å². The van der Waals surface area contributed by atoms with Gasteiger partial charge in [-0.3, -0.25) is 4.99 Å². The van der Waals surface area contributed by atoms with E-state index in [1.54, 1.807) is 36.8 Å². The Morgan fingerprint density at radius 2 is 1.86 bits per heavy atom. The van der Waals surface area contributed by atoms with Crippen LogP contribution in [0.1, 0.15) is 16.4 Å². The molecule has 0 saturated heterocycles. The van der Waals surface area contributed by atoms with Crippen molar-refractivity contribution in [1.82, 2.24) is 20.2 Å². The molecule has 0 aliphatic carbocycles. The molecule has 0 saturated carbocycles. The molecule has 0 radical (unpaired) electrons. The first-order valence-corrected chi connectivity index (χ1v) is 10.3. The molecule has 0 amide bonds. The van der Waals surface area contributed by atoms with Crippen LogP contribution >= 0.6 is 46.7 Å². The van der Waals surface area contributed by atoms with Crippen molar-refractivity contribution >= 4 is 52.6 Å². The minimum atomic E-state index is 0. The van der Waals surface area contributed by atoms with Gasteiger partial charge in [-0.1, -0.05) is 0 Å². The lowest BCUT2D eigenvalue weighted by Gasteiger charge is -2.20. The minimum absolute atomic E-state index is 0. The van der Waals surface area contributed by atoms with E-state index in [2.05, 4.69) is 31.0 Å². The number of ether oxygens (including phenoxy) is 1. The molecule has 2 aromatic heterocycles. The van der Waals surface area contributed by atoms with E-state index in [0.717, 1.165) is 45.2 Å². The first kappa shape index (κ1) is 22.6. The number of thiazole rings is 2. The van der Waals surface area contributed by atoms with Gasteiger partial charge >= 0.3 is 0 Å². The third kappa shape index (κ3) is 5.89. The average Bonchev–Trinajstić information content (AvgIpc) is 3.31. The average molecular weight is 529 g/mol.